The average molecular weight is 357 g/mol. The lowest BCUT2D eigenvalue weighted by Crippen LogP contribution is -2.19. The zero-order valence-corrected chi connectivity index (χ0v) is 14.7. The van der Waals surface area contributed by atoms with Gasteiger partial charge in [0.2, 0.25) is 5.95 Å². The summed E-state index contributed by atoms with van der Waals surface area (Å²) in [6.45, 7) is 0.740. The molecule has 2 aromatic carbocycles. The first-order valence-electron chi connectivity index (χ1n) is 9.10. The van der Waals surface area contributed by atoms with Gasteiger partial charge in [-0.3, -0.25) is 9.36 Å². The van der Waals surface area contributed by atoms with Crippen LogP contribution in [0.2, 0.25) is 0 Å². The summed E-state index contributed by atoms with van der Waals surface area (Å²) in [7, 11) is 0. The smallest absolute Gasteiger partial charge is 0.300 e. The van der Waals surface area contributed by atoms with Crippen LogP contribution in [0.3, 0.4) is 0 Å². The van der Waals surface area contributed by atoms with Crippen molar-refractivity contribution in [2.24, 2.45) is 0 Å². The highest BCUT2D eigenvalue weighted by molar-refractivity contribution is 5.72. The number of rotatable bonds is 4. The fourth-order valence-corrected chi connectivity index (χ4v) is 3.69. The minimum absolute atomic E-state index is 0.194. The number of H-pyrrole nitrogens is 1. The Balaban J connectivity index is 1.46. The summed E-state index contributed by atoms with van der Waals surface area (Å²) in [6.07, 6.45) is 1.53. The van der Waals surface area contributed by atoms with Crippen LogP contribution in [0, 0.1) is 0 Å². The zero-order chi connectivity index (χ0) is 18.2. The van der Waals surface area contributed by atoms with Crippen molar-refractivity contribution in [3.8, 4) is 0 Å². The molecule has 0 aliphatic carbocycles. The van der Waals surface area contributed by atoms with E-state index in [9.17, 15) is 4.79 Å². The van der Waals surface area contributed by atoms with Gasteiger partial charge in [0.25, 0.3) is 0 Å². The number of nitrogens with one attached hydrogen (secondary N) is 2. The van der Waals surface area contributed by atoms with Crippen LogP contribution in [-0.2, 0) is 19.4 Å². The van der Waals surface area contributed by atoms with Crippen molar-refractivity contribution < 1.29 is 0 Å². The van der Waals surface area contributed by atoms with Crippen LogP contribution in [0.25, 0.3) is 11.2 Å². The lowest BCUT2D eigenvalue weighted by atomic mass is 10.1. The zero-order valence-electron chi connectivity index (χ0n) is 14.7. The van der Waals surface area contributed by atoms with E-state index in [0.717, 1.165) is 24.4 Å². The largest absolute Gasteiger partial charge is 0.351 e. The summed E-state index contributed by atoms with van der Waals surface area (Å²) in [5.41, 5.74) is 3.30. The molecule has 0 radical (unpaired) electrons. The summed E-state index contributed by atoms with van der Waals surface area (Å²) in [5.74, 6) is 1.38. The van der Waals surface area contributed by atoms with Crippen molar-refractivity contribution in [1.29, 1.82) is 0 Å². The highest BCUT2D eigenvalue weighted by Gasteiger charge is 2.25. The molecule has 2 N–H and O–H groups in total. The predicted molar refractivity (Wildman–Crippen MR) is 105 cm³/mol. The first-order valence-corrected chi connectivity index (χ1v) is 9.10. The number of imidazole rings is 1. The number of nitrogens with zero attached hydrogens (tertiary/aromatic N) is 3. The highest BCUT2D eigenvalue weighted by Crippen LogP contribution is 2.22. The monoisotopic (exact) mass is 357 g/mol. The van der Waals surface area contributed by atoms with Crippen LogP contribution >= 0.6 is 0 Å². The van der Waals surface area contributed by atoms with Gasteiger partial charge < -0.3 is 10.3 Å². The van der Waals surface area contributed by atoms with Gasteiger partial charge in [-0.15, -0.1) is 0 Å². The summed E-state index contributed by atoms with van der Waals surface area (Å²) in [4.78, 5) is 24.5. The van der Waals surface area contributed by atoms with Crippen LogP contribution in [-0.4, -0.2) is 25.6 Å². The third-order valence-corrected chi connectivity index (χ3v) is 4.94. The maximum absolute atomic E-state index is 12.4. The summed E-state index contributed by atoms with van der Waals surface area (Å²) in [5, 5.41) is 3.37. The Morgan fingerprint density at radius 3 is 2.41 bits per heavy atom. The van der Waals surface area contributed by atoms with Crippen LogP contribution in [0.1, 0.15) is 17.0 Å². The molecule has 134 valence electrons. The van der Waals surface area contributed by atoms with Gasteiger partial charge in [-0.2, -0.15) is 4.98 Å². The molecule has 6 heteroatoms. The first kappa shape index (κ1) is 15.8. The predicted octanol–water partition coefficient (Wildman–Crippen LogP) is 2.75. The van der Waals surface area contributed by atoms with Crippen molar-refractivity contribution in [1.82, 2.24) is 19.5 Å². The Morgan fingerprint density at radius 2 is 1.67 bits per heavy atom. The van der Waals surface area contributed by atoms with Gasteiger partial charge in [-0.05, 0) is 17.5 Å². The number of aromatic amines is 1. The Labute approximate surface area is 155 Å². The van der Waals surface area contributed by atoms with E-state index in [1.165, 1.54) is 5.56 Å². The van der Waals surface area contributed by atoms with E-state index in [1.807, 2.05) is 41.0 Å². The Bertz CT molecular complexity index is 1150. The van der Waals surface area contributed by atoms with Gasteiger partial charge in [-0.1, -0.05) is 60.7 Å². The summed E-state index contributed by atoms with van der Waals surface area (Å²) in [6, 6.07) is 20.6. The summed E-state index contributed by atoms with van der Waals surface area (Å²) < 4.78 is 2.01. The second-order valence-corrected chi connectivity index (χ2v) is 6.93. The van der Waals surface area contributed by atoms with Gasteiger partial charge in [0.05, 0.1) is 6.04 Å². The summed E-state index contributed by atoms with van der Waals surface area (Å²) >= 11 is 0. The molecule has 1 aliphatic rings. The molecule has 27 heavy (non-hydrogen) atoms. The van der Waals surface area contributed by atoms with Gasteiger partial charge in [0, 0.05) is 13.0 Å². The molecule has 4 aromatic rings. The molecule has 5 rings (SSSR count). The van der Waals surface area contributed by atoms with Crippen LogP contribution in [0.4, 0.5) is 5.95 Å². The van der Waals surface area contributed by atoms with Crippen LogP contribution in [0.15, 0.2) is 65.5 Å². The van der Waals surface area contributed by atoms with E-state index >= 15 is 0 Å². The molecular formula is C21H19N5O. The first-order chi connectivity index (χ1) is 13.3. The van der Waals surface area contributed by atoms with E-state index in [-0.39, 0.29) is 11.6 Å². The van der Waals surface area contributed by atoms with Gasteiger partial charge >= 0.3 is 5.56 Å². The topological polar surface area (TPSA) is 75.6 Å². The van der Waals surface area contributed by atoms with E-state index in [0.29, 0.717) is 23.5 Å². The third-order valence-electron chi connectivity index (χ3n) is 4.94. The van der Waals surface area contributed by atoms with Gasteiger partial charge in [0.1, 0.15) is 5.82 Å². The van der Waals surface area contributed by atoms with Crippen molar-refractivity contribution >= 4 is 17.1 Å². The normalized spacial score (nSPS) is 15.6. The van der Waals surface area contributed by atoms with Crippen LogP contribution in [0.5, 0.6) is 0 Å². The molecule has 3 heterocycles. The molecule has 0 spiro atoms. The lowest BCUT2D eigenvalue weighted by molar-refractivity contribution is 0.653. The molecule has 0 bridgehead atoms. The number of benzene rings is 2. The minimum atomic E-state index is -0.268. The molecule has 0 saturated heterocycles. The standard InChI is InChI=1S/C21H19N5O/c27-20-18-19(24-17(23-18)12-15-9-5-2-6-10-15)26-13-16(22-21(26)25-20)11-14-7-3-1-4-8-14/h1-10,16H,11-13H2,(H,23,24)(H,22,25,27)/t16-/m1/s1. The number of hydrogen-bond acceptors (Lipinski definition) is 4. The van der Waals surface area contributed by atoms with E-state index in [1.54, 1.807) is 0 Å². The van der Waals surface area contributed by atoms with Crippen molar-refractivity contribution in [3.05, 3.63) is 88.0 Å². The third kappa shape index (κ3) is 2.99. The molecule has 1 atom stereocenters. The maximum Gasteiger partial charge on any atom is 0.300 e. The molecular weight excluding hydrogens is 338 g/mol. The number of anilines is 1. The molecule has 0 amide bonds. The molecule has 6 nitrogen and oxygen atoms in total. The maximum atomic E-state index is 12.4. The molecule has 0 unspecified atom stereocenters. The Kier molecular flexibility index (Phi) is 3.74. The van der Waals surface area contributed by atoms with Crippen LogP contribution < -0.4 is 10.9 Å². The second kappa shape index (κ2) is 6.39. The Hall–Kier alpha value is -3.41. The number of hydrogen-bond donors (Lipinski definition) is 2. The molecule has 0 saturated carbocycles. The minimum Gasteiger partial charge on any atom is -0.351 e. The van der Waals surface area contributed by atoms with E-state index < -0.39 is 0 Å². The van der Waals surface area contributed by atoms with Gasteiger partial charge in [0.15, 0.2) is 11.2 Å². The van der Waals surface area contributed by atoms with Gasteiger partial charge in [-0.25, -0.2) is 4.98 Å². The van der Waals surface area contributed by atoms with E-state index in [4.69, 9.17) is 4.98 Å². The Morgan fingerprint density at radius 1 is 0.963 bits per heavy atom. The quantitative estimate of drug-likeness (QED) is 0.589. The molecule has 2 aromatic heterocycles. The number of aromatic nitrogens is 4. The van der Waals surface area contributed by atoms with E-state index in [2.05, 4.69) is 39.6 Å². The average Bonchev–Trinajstić information content (AvgIpc) is 3.27. The highest BCUT2D eigenvalue weighted by atomic mass is 16.1. The SMILES string of the molecule is O=c1nc2n(c3nc(Cc4ccccc4)[nH]c13)C[C@@H](Cc1ccccc1)N2. The molecule has 1 aliphatic heterocycles. The fourth-order valence-electron chi connectivity index (χ4n) is 3.69. The lowest BCUT2D eigenvalue weighted by Gasteiger charge is -2.09. The fraction of sp³-hybridized carbons (Fsp3) is 0.190. The molecule has 0 fully saturated rings. The number of fused-ring (bicyclic) bond motifs is 3. The second-order valence-electron chi connectivity index (χ2n) is 6.93. The van der Waals surface area contributed by atoms with Crippen molar-refractivity contribution in [2.75, 3.05) is 5.32 Å². The van der Waals surface area contributed by atoms with Crippen molar-refractivity contribution in [2.45, 2.75) is 25.4 Å². The van der Waals surface area contributed by atoms with Crippen molar-refractivity contribution in [3.63, 3.8) is 0 Å².